The Balaban J connectivity index is 1.93. The predicted octanol–water partition coefficient (Wildman–Crippen LogP) is 2.25. The van der Waals surface area contributed by atoms with Gasteiger partial charge in [-0.15, -0.1) is 0 Å². The maximum Gasteiger partial charge on any atom is 0.219 e. The van der Waals surface area contributed by atoms with Crippen LogP contribution in [0.3, 0.4) is 0 Å². The van der Waals surface area contributed by atoms with E-state index >= 15 is 0 Å². The highest BCUT2D eigenvalue weighted by Crippen LogP contribution is 2.17. The topological polar surface area (TPSA) is 23.6 Å². The van der Waals surface area contributed by atoms with Gasteiger partial charge in [-0.3, -0.25) is 9.69 Å². The van der Waals surface area contributed by atoms with E-state index in [-0.39, 0.29) is 11.7 Å². The maximum absolute atomic E-state index is 13.2. The summed E-state index contributed by atoms with van der Waals surface area (Å²) in [6.45, 7) is 5.51. The molecule has 5 heteroatoms. The lowest BCUT2D eigenvalue weighted by molar-refractivity contribution is -0.130. The molecule has 0 bridgehead atoms. The summed E-state index contributed by atoms with van der Waals surface area (Å²) in [6, 6.07) is 4.94. The molecule has 0 spiro atoms. The van der Waals surface area contributed by atoms with Crippen LogP contribution in [-0.4, -0.2) is 41.9 Å². The van der Waals surface area contributed by atoms with Crippen LogP contribution in [0.5, 0.6) is 0 Å². The minimum atomic E-state index is -0.221. The van der Waals surface area contributed by atoms with Crippen molar-refractivity contribution in [1.82, 2.24) is 9.80 Å². The van der Waals surface area contributed by atoms with E-state index in [1.165, 1.54) is 6.07 Å². The Hall–Kier alpha value is -0.940. The van der Waals surface area contributed by atoms with Crippen molar-refractivity contribution in [3.8, 4) is 0 Å². The van der Waals surface area contributed by atoms with Crippen molar-refractivity contribution in [2.75, 3.05) is 26.2 Å². The highest BCUT2D eigenvalue weighted by Gasteiger charge is 2.18. The zero-order valence-corrected chi connectivity index (χ0v) is 11.9. The fraction of sp³-hybridized carbons (Fsp3) is 0.462. The monoisotopic (exact) mass is 314 g/mol. The molecule has 98 valence electrons. The summed E-state index contributed by atoms with van der Waals surface area (Å²) in [4.78, 5) is 15.3. The fourth-order valence-corrected chi connectivity index (χ4v) is 2.69. The molecular formula is C13H16BrFN2O. The van der Waals surface area contributed by atoms with Gasteiger partial charge in [0.2, 0.25) is 5.91 Å². The molecule has 1 aromatic rings. The molecule has 1 fully saturated rings. The summed E-state index contributed by atoms with van der Waals surface area (Å²) < 4.78 is 14.0. The number of hydrogen-bond acceptors (Lipinski definition) is 2. The zero-order valence-electron chi connectivity index (χ0n) is 10.3. The molecule has 18 heavy (non-hydrogen) atoms. The molecule has 1 aliphatic rings. The summed E-state index contributed by atoms with van der Waals surface area (Å²) in [5.41, 5.74) is 0.957. The first kappa shape index (κ1) is 13.5. The third kappa shape index (κ3) is 3.53. The zero-order chi connectivity index (χ0) is 13.1. The molecule has 0 saturated carbocycles. The number of piperazine rings is 1. The number of amides is 1. The highest BCUT2D eigenvalue weighted by molar-refractivity contribution is 9.10. The summed E-state index contributed by atoms with van der Waals surface area (Å²) in [5, 5.41) is 0. The number of hydrogen-bond donors (Lipinski definition) is 0. The number of carbonyl (C=O) groups excluding carboxylic acids is 1. The molecule has 0 aliphatic carbocycles. The molecule has 1 heterocycles. The molecule has 1 aliphatic heterocycles. The minimum absolute atomic E-state index is 0.128. The molecule has 0 atom stereocenters. The quantitative estimate of drug-likeness (QED) is 0.836. The smallest absolute Gasteiger partial charge is 0.219 e. The SMILES string of the molecule is CC(=O)N1CCN(Cc2cc(F)cc(Br)c2)CC1. The van der Waals surface area contributed by atoms with E-state index in [0.29, 0.717) is 0 Å². The Morgan fingerprint density at radius 3 is 2.50 bits per heavy atom. The third-order valence-electron chi connectivity index (χ3n) is 3.15. The van der Waals surface area contributed by atoms with Gasteiger partial charge in [0.25, 0.3) is 0 Å². The third-order valence-corrected chi connectivity index (χ3v) is 3.60. The van der Waals surface area contributed by atoms with Crippen LogP contribution >= 0.6 is 15.9 Å². The largest absolute Gasteiger partial charge is 0.340 e. The average Bonchev–Trinajstić information content (AvgIpc) is 2.28. The number of rotatable bonds is 2. The van der Waals surface area contributed by atoms with Gasteiger partial charge < -0.3 is 4.90 Å². The summed E-state index contributed by atoms with van der Waals surface area (Å²) in [5.74, 6) is -0.0927. The van der Waals surface area contributed by atoms with Gasteiger partial charge in [-0.2, -0.15) is 0 Å². The van der Waals surface area contributed by atoms with Crippen molar-refractivity contribution in [2.24, 2.45) is 0 Å². The molecule has 0 unspecified atom stereocenters. The van der Waals surface area contributed by atoms with Crippen molar-refractivity contribution >= 4 is 21.8 Å². The van der Waals surface area contributed by atoms with Crippen LogP contribution in [0.4, 0.5) is 4.39 Å². The molecule has 0 aromatic heterocycles. The Morgan fingerprint density at radius 1 is 1.28 bits per heavy atom. The van der Waals surface area contributed by atoms with Crippen LogP contribution in [0.15, 0.2) is 22.7 Å². The first-order valence-corrected chi connectivity index (χ1v) is 6.77. The Bertz CT molecular complexity index is 424. The fourth-order valence-electron chi connectivity index (χ4n) is 2.18. The lowest BCUT2D eigenvalue weighted by Gasteiger charge is -2.34. The molecule has 1 amide bonds. The summed E-state index contributed by atoms with van der Waals surface area (Å²) in [6.07, 6.45) is 0. The van der Waals surface area contributed by atoms with Crippen LogP contribution in [0.2, 0.25) is 0 Å². The Kier molecular flexibility index (Phi) is 4.35. The molecular weight excluding hydrogens is 299 g/mol. The van der Waals surface area contributed by atoms with E-state index in [4.69, 9.17) is 0 Å². The molecule has 3 nitrogen and oxygen atoms in total. The predicted molar refractivity (Wildman–Crippen MR) is 71.6 cm³/mol. The lowest BCUT2D eigenvalue weighted by atomic mass is 10.2. The first-order chi connectivity index (χ1) is 8.54. The van der Waals surface area contributed by atoms with Gasteiger partial charge in [-0.1, -0.05) is 15.9 Å². The molecule has 0 radical (unpaired) electrons. The Labute approximate surface area is 115 Å². The average molecular weight is 315 g/mol. The van der Waals surface area contributed by atoms with Gasteiger partial charge in [0, 0.05) is 44.1 Å². The van der Waals surface area contributed by atoms with E-state index in [9.17, 15) is 9.18 Å². The van der Waals surface area contributed by atoms with Crippen molar-refractivity contribution < 1.29 is 9.18 Å². The van der Waals surface area contributed by atoms with Gasteiger partial charge >= 0.3 is 0 Å². The molecule has 1 saturated heterocycles. The first-order valence-electron chi connectivity index (χ1n) is 5.97. The van der Waals surface area contributed by atoms with Gasteiger partial charge in [0.15, 0.2) is 0 Å². The maximum atomic E-state index is 13.2. The molecule has 2 rings (SSSR count). The highest BCUT2D eigenvalue weighted by atomic mass is 79.9. The molecule has 0 N–H and O–H groups in total. The summed E-state index contributed by atoms with van der Waals surface area (Å²) >= 11 is 3.29. The lowest BCUT2D eigenvalue weighted by Crippen LogP contribution is -2.47. The van der Waals surface area contributed by atoms with Crippen LogP contribution in [-0.2, 0) is 11.3 Å². The van der Waals surface area contributed by atoms with E-state index in [0.717, 1.165) is 42.8 Å². The second-order valence-corrected chi connectivity index (χ2v) is 5.48. The number of halogens is 2. The van der Waals surface area contributed by atoms with Gasteiger partial charge in [0.05, 0.1) is 0 Å². The number of carbonyl (C=O) groups is 1. The number of benzene rings is 1. The number of nitrogens with zero attached hydrogens (tertiary/aromatic N) is 2. The van der Waals surface area contributed by atoms with E-state index in [2.05, 4.69) is 20.8 Å². The van der Waals surface area contributed by atoms with Gasteiger partial charge in [0.1, 0.15) is 5.82 Å². The van der Waals surface area contributed by atoms with Crippen molar-refractivity contribution in [3.05, 3.63) is 34.1 Å². The van der Waals surface area contributed by atoms with Crippen LogP contribution in [0, 0.1) is 5.82 Å². The summed E-state index contributed by atoms with van der Waals surface area (Å²) in [7, 11) is 0. The van der Waals surface area contributed by atoms with Crippen LogP contribution in [0.25, 0.3) is 0 Å². The van der Waals surface area contributed by atoms with Crippen molar-refractivity contribution in [3.63, 3.8) is 0 Å². The van der Waals surface area contributed by atoms with E-state index in [1.54, 1.807) is 13.0 Å². The van der Waals surface area contributed by atoms with E-state index in [1.807, 2.05) is 11.0 Å². The second kappa shape index (κ2) is 5.80. The minimum Gasteiger partial charge on any atom is -0.340 e. The van der Waals surface area contributed by atoms with Crippen molar-refractivity contribution in [1.29, 1.82) is 0 Å². The van der Waals surface area contributed by atoms with Crippen molar-refractivity contribution in [2.45, 2.75) is 13.5 Å². The normalized spacial score (nSPS) is 16.9. The standard InChI is InChI=1S/C13H16BrFN2O/c1-10(18)17-4-2-16(3-5-17)9-11-6-12(14)8-13(15)7-11/h6-8H,2-5,9H2,1H3. The van der Waals surface area contributed by atoms with E-state index < -0.39 is 0 Å². The van der Waals surface area contributed by atoms with Crippen LogP contribution in [0.1, 0.15) is 12.5 Å². The molecule has 1 aromatic carbocycles. The van der Waals surface area contributed by atoms with Gasteiger partial charge in [-0.05, 0) is 23.8 Å². The van der Waals surface area contributed by atoms with Gasteiger partial charge in [-0.25, -0.2) is 4.39 Å². The second-order valence-electron chi connectivity index (χ2n) is 4.56. The van der Waals surface area contributed by atoms with Crippen LogP contribution < -0.4 is 0 Å². The Morgan fingerprint density at radius 2 is 1.94 bits per heavy atom.